The van der Waals surface area contributed by atoms with E-state index >= 15 is 0 Å². The second-order valence-corrected chi connectivity index (χ2v) is 17.8. The summed E-state index contributed by atoms with van der Waals surface area (Å²) in [6.45, 7) is 5.88. The van der Waals surface area contributed by atoms with Crippen LogP contribution in [0.15, 0.2) is 36.7 Å². The largest absolute Gasteiger partial charge is 0.467 e. The van der Waals surface area contributed by atoms with Gasteiger partial charge in [0.1, 0.15) is 11.0 Å². The number of hydrogen-bond donors (Lipinski definition) is 1. The average molecular weight is 856 g/mol. The number of halogens is 6. The second kappa shape index (κ2) is 16.3. The van der Waals surface area contributed by atoms with Gasteiger partial charge >= 0.3 is 24.3 Å². The van der Waals surface area contributed by atoms with Crippen LogP contribution in [-0.4, -0.2) is 113 Å². The summed E-state index contributed by atoms with van der Waals surface area (Å²) in [5.74, 6) is -4.78. The highest BCUT2D eigenvalue weighted by molar-refractivity contribution is 5.95. The third kappa shape index (κ3) is 9.15. The minimum Gasteiger partial charge on any atom is -0.467 e. The van der Waals surface area contributed by atoms with Crippen LogP contribution in [0.2, 0.25) is 0 Å². The number of amides is 3. The molecular weight excluding hydrogens is 804 g/mol. The van der Waals surface area contributed by atoms with E-state index in [9.17, 15) is 50.3 Å². The highest BCUT2D eigenvalue weighted by atomic mass is 19.4. The Hall–Kier alpha value is -4.68. The van der Waals surface area contributed by atoms with E-state index in [0.717, 1.165) is 43.4 Å². The smallest absolute Gasteiger partial charge is 0.416 e. The van der Waals surface area contributed by atoms with Gasteiger partial charge in [-0.25, -0.2) is 4.79 Å². The van der Waals surface area contributed by atoms with Gasteiger partial charge in [0.15, 0.2) is 6.04 Å². The van der Waals surface area contributed by atoms with Gasteiger partial charge < -0.3 is 29.3 Å². The normalized spacial score (nSPS) is 21.8. The van der Waals surface area contributed by atoms with Gasteiger partial charge in [-0.15, -0.1) is 0 Å². The molecule has 330 valence electrons. The number of alkyl halides is 6. The molecule has 3 amide bonds. The molecular formula is C41H51F6N5O8. The predicted molar refractivity (Wildman–Crippen MR) is 200 cm³/mol. The fourth-order valence-electron chi connectivity index (χ4n) is 8.60. The van der Waals surface area contributed by atoms with Gasteiger partial charge in [-0.3, -0.25) is 23.9 Å². The molecule has 1 aromatic heterocycles. The quantitative estimate of drug-likeness (QED) is 0.214. The number of esters is 2. The summed E-state index contributed by atoms with van der Waals surface area (Å²) < 4.78 is 99.3. The van der Waals surface area contributed by atoms with Crippen LogP contribution in [0.3, 0.4) is 0 Å². The van der Waals surface area contributed by atoms with Crippen LogP contribution in [-0.2, 0) is 46.1 Å². The summed E-state index contributed by atoms with van der Waals surface area (Å²) >= 11 is 0. The van der Waals surface area contributed by atoms with Crippen LogP contribution < -0.4 is 5.32 Å². The number of carbonyl (C=O) groups is 5. The van der Waals surface area contributed by atoms with E-state index in [0.29, 0.717) is 18.4 Å². The summed E-state index contributed by atoms with van der Waals surface area (Å²) in [6.07, 6.45) is -4.92. The fourth-order valence-corrected chi connectivity index (χ4v) is 8.60. The van der Waals surface area contributed by atoms with Crippen LogP contribution in [0.5, 0.6) is 0 Å². The first kappa shape index (κ1) is 44.9. The van der Waals surface area contributed by atoms with Crippen molar-refractivity contribution >= 4 is 29.7 Å². The standard InChI is InChI=1S/C41H51F6N5O8/c1-25(59-24-37(13-7-6-8-14-37)35(57)60-36(2,3)4)30(33(55)58-5)49-31(53)29-20-50(21-38(29)22-51(23-38)34(56)39(15-16-39)41(45,46)47)32(54)27-17-48-52(19-27)18-26-9-11-28(12-10-26)40(42,43)44/h9-12,17,19,25,29-30H,6-8,13-16,18,20-24H2,1-5H3,(H,49,53)/t25-,29+,30+/m1/s1. The Balaban J connectivity index is 1.19. The van der Waals surface area contributed by atoms with Gasteiger partial charge in [-0.05, 0) is 71.1 Å². The lowest BCUT2D eigenvalue weighted by Crippen LogP contribution is -2.66. The predicted octanol–water partition coefficient (Wildman–Crippen LogP) is 5.55. The molecule has 2 saturated heterocycles. The van der Waals surface area contributed by atoms with Crippen LogP contribution in [0.1, 0.15) is 94.1 Å². The van der Waals surface area contributed by atoms with Crippen molar-refractivity contribution in [2.75, 3.05) is 39.9 Å². The fraction of sp³-hybridized carbons (Fsp3) is 0.659. The van der Waals surface area contributed by atoms with E-state index in [1.807, 2.05) is 0 Å². The zero-order chi connectivity index (χ0) is 44.1. The molecule has 4 aliphatic rings. The molecule has 13 nitrogen and oxygen atoms in total. The molecule has 1 N–H and O–H groups in total. The van der Waals surface area contributed by atoms with E-state index in [1.54, 1.807) is 20.8 Å². The van der Waals surface area contributed by atoms with Crippen molar-refractivity contribution in [3.05, 3.63) is 53.3 Å². The number of ether oxygens (including phenoxy) is 3. The van der Waals surface area contributed by atoms with Crippen molar-refractivity contribution in [1.82, 2.24) is 24.9 Å². The van der Waals surface area contributed by atoms with Gasteiger partial charge in [0.25, 0.3) is 5.91 Å². The van der Waals surface area contributed by atoms with Gasteiger partial charge in [0, 0.05) is 37.8 Å². The maximum absolute atomic E-state index is 14.3. The third-order valence-corrected chi connectivity index (χ3v) is 12.2. The topological polar surface area (TPSA) is 149 Å². The molecule has 6 rings (SSSR count). The first-order valence-corrected chi connectivity index (χ1v) is 20.0. The van der Waals surface area contributed by atoms with Crippen molar-refractivity contribution in [3.63, 3.8) is 0 Å². The Bertz CT molecular complexity index is 1940. The highest BCUT2D eigenvalue weighted by Gasteiger charge is 2.71. The zero-order valence-electron chi connectivity index (χ0n) is 34.2. The minimum atomic E-state index is -4.76. The number of benzene rings is 1. The number of methoxy groups -OCH3 is 1. The van der Waals surface area contributed by atoms with Gasteiger partial charge in [-0.1, -0.05) is 31.4 Å². The number of carbonyl (C=O) groups excluding carboxylic acids is 5. The van der Waals surface area contributed by atoms with Crippen molar-refractivity contribution in [2.24, 2.45) is 22.2 Å². The Morgan fingerprint density at radius 3 is 2.07 bits per heavy atom. The zero-order valence-corrected chi connectivity index (χ0v) is 34.2. The SMILES string of the molecule is COC(=O)[C@@H](NC(=O)[C@@H]1CN(C(=O)c2cnn(Cc3ccc(C(F)(F)F)cc3)c2)CC12CN(C(=O)C1(C(F)(F)F)CC1)C2)[C@@H](C)OCC1(C(=O)OC(C)(C)C)CCCCC1. The Morgan fingerprint density at radius 2 is 1.52 bits per heavy atom. The van der Waals surface area contributed by atoms with E-state index in [1.165, 1.54) is 41.0 Å². The molecule has 2 aliphatic heterocycles. The molecule has 4 fully saturated rings. The van der Waals surface area contributed by atoms with Gasteiger partial charge in [-0.2, -0.15) is 31.4 Å². The number of aromatic nitrogens is 2. The van der Waals surface area contributed by atoms with Crippen molar-refractivity contribution in [3.8, 4) is 0 Å². The molecule has 1 spiro atoms. The summed E-state index contributed by atoms with van der Waals surface area (Å²) in [5, 5.41) is 6.87. The number of nitrogens with zero attached hydrogens (tertiary/aromatic N) is 4. The number of rotatable bonds is 12. The first-order chi connectivity index (χ1) is 27.9. The van der Waals surface area contributed by atoms with E-state index < -0.39 is 87.5 Å². The summed E-state index contributed by atoms with van der Waals surface area (Å²) in [5.41, 5.74) is -5.67. The Labute approximate surface area is 343 Å². The minimum absolute atomic E-state index is 0.0342. The van der Waals surface area contributed by atoms with E-state index in [-0.39, 0.29) is 57.7 Å². The van der Waals surface area contributed by atoms with Crippen molar-refractivity contribution in [2.45, 2.75) is 109 Å². The van der Waals surface area contributed by atoms with Crippen LogP contribution in [0, 0.1) is 22.2 Å². The number of hydrogen-bond acceptors (Lipinski definition) is 9. The molecule has 1 aromatic carbocycles. The monoisotopic (exact) mass is 855 g/mol. The molecule has 0 bridgehead atoms. The second-order valence-electron chi connectivity index (χ2n) is 17.8. The van der Waals surface area contributed by atoms with E-state index in [4.69, 9.17) is 14.2 Å². The molecule has 60 heavy (non-hydrogen) atoms. The molecule has 0 unspecified atom stereocenters. The molecule has 2 aromatic rings. The summed E-state index contributed by atoms with van der Waals surface area (Å²) in [4.78, 5) is 70.5. The lowest BCUT2D eigenvalue weighted by atomic mass is 9.70. The van der Waals surface area contributed by atoms with Crippen molar-refractivity contribution < 1.29 is 64.5 Å². The van der Waals surface area contributed by atoms with Crippen LogP contribution in [0.25, 0.3) is 0 Å². The maximum Gasteiger partial charge on any atom is 0.416 e. The highest BCUT2D eigenvalue weighted by Crippen LogP contribution is 2.60. The summed E-state index contributed by atoms with van der Waals surface area (Å²) in [7, 11) is 1.12. The first-order valence-electron chi connectivity index (χ1n) is 20.0. The molecule has 2 saturated carbocycles. The average Bonchev–Trinajstić information content (AvgIpc) is 3.71. The lowest BCUT2D eigenvalue weighted by molar-refractivity contribution is -0.205. The molecule has 19 heteroatoms. The van der Waals surface area contributed by atoms with Crippen LogP contribution >= 0.6 is 0 Å². The van der Waals surface area contributed by atoms with Gasteiger partial charge in [0.05, 0.1) is 55.0 Å². The van der Waals surface area contributed by atoms with Gasteiger partial charge in [0.2, 0.25) is 11.8 Å². The van der Waals surface area contributed by atoms with Crippen LogP contribution in [0.4, 0.5) is 26.3 Å². The van der Waals surface area contributed by atoms with Crippen molar-refractivity contribution in [1.29, 1.82) is 0 Å². The molecule has 3 heterocycles. The molecule has 2 aliphatic carbocycles. The summed E-state index contributed by atoms with van der Waals surface area (Å²) in [6, 6.07) is 3.04. The lowest BCUT2D eigenvalue weighted by Gasteiger charge is -2.51. The van der Waals surface area contributed by atoms with E-state index in [2.05, 4.69) is 10.4 Å². The molecule has 3 atom stereocenters. The third-order valence-electron chi connectivity index (χ3n) is 12.2. The Kier molecular flexibility index (Phi) is 12.2. The number of nitrogens with one attached hydrogen (secondary N) is 1. The Morgan fingerprint density at radius 1 is 0.900 bits per heavy atom. The molecule has 0 radical (unpaired) electrons. The number of likely N-dealkylation sites (tertiary alicyclic amines) is 2. The maximum atomic E-state index is 14.3.